The number of thioether (sulfide) groups is 1. The minimum atomic E-state index is -3.79. The van der Waals surface area contributed by atoms with Crippen molar-refractivity contribution in [3.63, 3.8) is 0 Å². The van der Waals surface area contributed by atoms with Crippen LogP contribution >= 0.6 is 11.8 Å². The summed E-state index contributed by atoms with van der Waals surface area (Å²) in [5, 5.41) is 14.1. The van der Waals surface area contributed by atoms with Crippen LogP contribution in [0.4, 0.5) is 0 Å². The monoisotopic (exact) mass is 349 g/mol. The second-order valence-corrected chi connectivity index (χ2v) is 7.79. The SMILES string of the molecule is CSc1nn2c(C)cc(C)nc2c1S(=O)(=O)c1ccc(O)cc1. The average molecular weight is 349 g/mol. The molecule has 3 rings (SSSR count). The van der Waals surface area contributed by atoms with Crippen LogP contribution in [0.25, 0.3) is 5.65 Å². The van der Waals surface area contributed by atoms with E-state index in [-0.39, 0.29) is 15.5 Å². The Bertz CT molecular complexity index is 993. The Morgan fingerprint density at radius 3 is 2.43 bits per heavy atom. The molecule has 2 aromatic heterocycles. The maximum absolute atomic E-state index is 13.0. The lowest BCUT2D eigenvalue weighted by atomic mass is 10.3. The highest BCUT2D eigenvalue weighted by atomic mass is 32.2. The van der Waals surface area contributed by atoms with Crippen LogP contribution in [-0.2, 0) is 9.84 Å². The van der Waals surface area contributed by atoms with Crippen molar-refractivity contribution in [2.45, 2.75) is 28.7 Å². The van der Waals surface area contributed by atoms with Gasteiger partial charge in [0, 0.05) is 11.4 Å². The number of aromatic hydroxyl groups is 1. The van der Waals surface area contributed by atoms with Gasteiger partial charge >= 0.3 is 0 Å². The summed E-state index contributed by atoms with van der Waals surface area (Å²) in [6.45, 7) is 3.67. The van der Waals surface area contributed by atoms with Crippen LogP contribution in [0, 0.1) is 13.8 Å². The van der Waals surface area contributed by atoms with Gasteiger partial charge in [0.05, 0.1) is 4.90 Å². The van der Waals surface area contributed by atoms with Crippen molar-refractivity contribution in [3.05, 3.63) is 41.7 Å². The summed E-state index contributed by atoms with van der Waals surface area (Å²) in [7, 11) is -3.79. The number of nitrogens with zero attached hydrogens (tertiary/aromatic N) is 3. The molecule has 0 atom stereocenters. The Kier molecular flexibility index (Phi) is 3.81. The molecule has 1 aromatic carbocycles. The molecule has 3 aromatic rings. The third-order valence-corrected chi connectivity index (χ3v) is 6.04. The van der Waals surface area contributed by atoms with Gasteiger partial charge in [-0.05, 0) is 50.4 Å². The summed E-state index contributed by atoms with van der Waals surface area (Å²) in [6, 6.07) is 7.30. The predicted octanol–water partition coefficient (Wildman–Crippen LogP) is 2.61. The van der Waals surface area contributed by atoms with Crippen molar-refractivity contribution in [3.8, 4) is 5.75 Å². The largest absolute Gasteiger partial charge is 0.508 e. The molecule has 0 radical (unpaired) electrons. The summed E-state index contributed by atoms with van der Waals surface area (Å²) < 4.78 is 27.6. The van der Waals surface area contributed by atoms with E-state index in [9.17, 15) is 13.5 Å². The van der Waals surface area contributed by atoms with Crippen LogP contribution in [0.3, 0.4) is 0 Å². The molecule has 2 heterocycles. The number of hydrogen-bond donors (Lipinski definition) is 1. The fourth-order valence-electron chi connectivity index (χ4n) is 2.39. The Morgan fingerprint density at radius 1 is 1.17 bits per heavy atom. The lowest BCUT2D eigenvalue weighted by molar-refractivity contribution is 0.475. The number of phenols is 1. The van der Waals surface area contributed by atoms with Crippen molar-refractivity contribution >= 4 is 27.2 Å². The Labute approximate surface area is 138 Å². The number of benzene rings is 1. The molecule has 6 nitrogen and oxygen atoms in total. The van der Waals surface area contributed by atoms with E-state index in [1.807, 2.05) is 19.9 Å². The number of phenolic OH excluding ortho intramolecular Hbond substituents is 1. The molecule has 1 N–H and O–H groups in total. The summed E-state index contributed by atoms with van der Waals surface area (Å²) in [6.07, 6.45) is 1.78. The summed E-state index contributed by atoms with van der Waals surface area (Å²) in [4.78, 5) is 4.57. The fraction of sp³-hybridized carbons (Fsp3) is 0.200. The fourth-order valence-corrected chi connectivity index (χ4v) is 4.79. The Balaban J connectivity index is 2.36. The zero-order valence-corrected chi connectivity index (χ0v) is 14.4. The average Bonchev–Trinajstić information content (AvgIpc) is 2.87. The van der Waals surface area contributed by atoms with Crippen molar-refractivity contribution in [2.24, 2.45) is 0 Å². The first kappa shape index (κ1) is 15.8. The van der Waals surface area contributed by atoms with E-state index in [0.29, 0.717) is 10.7 Å². The molecule has 0 aliphatic carbocycles. The zero-order chi connectivity index (χ0) is 16.8. The third-order valence-electron chi connectivity index (χ3n) is 3.43. The summed E-state index contributed by atoms with van der Waals surface area (Å²) in [5.41, 5.74) is 1.86. The van der Waals surface area contributed by atoms with E-state index in [4.69, 9.17) is 0 Å². The van der Waals surface area contributed by atoms with Gasteiger partial charge in [0.2, 0.25) is 9.84 Å². The van der Waals surface area contributed by atoms with Crippen molar-refractivity contribution in [2.75, 3.05) is 6.26 Å². The molecular formula is C15H15N3O3S2. The molecule has 0 amide bonds. The smallest absolute Gasteiger partial charge is 0.213 e. The van der Waals surface area contributed by atoms with Crippen LogP contribution in [0.1, 0.15) is 11.4 Å². The molecule has 0 saturated heterocycles. The highest BCUT2D eigenvalue weighted by molar-refractivity contribution is 7.99. The van der Waals surface area contributed by atoms with Crippen LogP contribution in [0.5, 0.6) is 5.75 Å². The molecule has 0 bridgehead atoms. The molecule has 0 spiro atoms. The number of sulfone groups is 1. The van der Waals surface area contributed by atoms with Gasteiger partial charge in [-0.2, -0.15) is 5.10 Å². The summed E-state index contributed by atoms with van der Waals surface area (Å²) in [5.74, 6) is 0.0127. The molecule has 120 valence electrons. The number of rotatable bonds is 3. The minimum Gasteiger partial charge on any atom is -0.508 e. The first-order chi connectivity index (χ1) is 10.8. The maximum atomic E-state index is 13.0. The summed E-state index contributed by atoms with van der Waals surface area (Å²) >= 11 is 1.26. The molecule has 23 heavy (non-hydrogen) atoms. The van der Waals surface area contributed by atoms with Crippen LogP contribution in [0.2, 0.25) is 0 Å². The number of fused-ring (bicyclic) bond motifs is 1. The highest BCUT2D eigenvalue weighted by Gasteiger charge is 2.29. The molecule has 0 aliphatic rings. The highest BCUT2D eigenvalue weighted by Crippen LogP contribution is 2.33. The van der Waals surface area contributed by atoms with E-state index < -0.39 is 9.84 Å². The van der Waals surface area contributed by atoms with Crippen molar-refractivity contribution in [1.29, 1.82) is 0 Å². The van der Waals surface area contributed by atoms with E-state index in [2.05, 4.69) is 10.1 Å². The molecule has 0 fully saturated rings. The lowest BCUT2D eigenvalue weighted by Crippen LogP contribution is -2.04. The van der Waals surface area contributed by atoms with E-state index in [1.165, 1.54) is 36.0 Å². The number of aromatic nitrogens is 3. The normalized spacial score (nSPS) is 12.0. The van der Waals surface area contributed by atoms with Crippen LogP contribution in [0.15, 0.2) is 45.1 Å². The Hall–Kier alpha value is -2.06. The van der Waals surface area contributed by atoms with Gasteiger partial charge in [-0.3, -0.25) is 0 Å². The standard InChI is InChI=1S/C15H15N3O3S2/c1-9-8-10(2)18-14(16-9)13(15(17-18)22-3)23(20,21)12-6-4-11(19)5-7-12/h4-8,19H,1-3H3. The first-order valence-electron chi connectivity index (χ1n) is 6.79. The van der Waals surface area contributed by atoms with Gasteiger partial charge in [-0.1, -0.05) is 0 Å². The van der Waals surface area contributed by atoms with Gasteiger partial charge in [-0.25, -0.2) is 17.9 Å². The minimum absolute atomic E-state index is 0.0127. The Morgan fingerprint density at radius 2 is 1.83 bits per heavy atom. The quantitative estimate of drug-likeness (QED) is 0.732. The van der Waals surface area contributed by atoms with Gasteiger partial charge in [0.1, 0.15) is 10.8 Å². The molecule has 0 aliphatic heterocycles. The van der Waals surface area contributed by atoms with E-state index in [0.717, 1.165) is 11.4 Å². The number of hydrogen-bond acceptors (Lipinski definition) is 6. The second kappa shape index (κ2) is 5.54. The van der Waals surface area contributed by atoms with Gasteiger partial charge in [0.25, 0.3) is 0 Å². The molecule has 8 heteroatoms. The van der Waals surface area contributed by atoms with Crippen LogP contribution in [-0.4, -0.2) is 34.4 Å². The lowest BCUT2D eigenvalue weighted by Gasteiger charge is -2.05. The van der Waals surface area contributed by atoms with E-state index in [1.54, 1.807) is 10.8 Å². The topological polar surface area (TPSA) is 84.6 Å². The number of aryl methyl sites for hydroxylation is 2. The predicted molar refractivity (Wildman–Crippen MR) is 87.8 cm³/mol. The zero-order valence-electron chi connectivity index (χ0n) is 12.8. The van der Waals surface area contributed by atoms with Crippen molar-refractivity contribution < 1.29 is 13.5 Å². The second-order valence-electron chi connectivity index (χ2n) is 5.11. The van der Waals surface area contributed by atoms with Gasteiger partial charge < -0.3 is 5.11 Å². The first-order valence-corrected chi connectivity index (χ1v) is 9.50. The van der Waals surface area contributed by atoms with Gasteiger partial charge in [0.15, 0.2) is 10.5 Å². The molecule has 0 unspecified atom stereocenters. The molecular weight excluding hydrogens is 334 g/mol. The maximum Gasteiger partial charge on any atom is 0.213 e. The van der Waals surface area contributed by atoms with Crippen molar-refractivity contribution in [1.82, 2.24) is 14.6 Å². The molecule has 0 saturated carbocycles. The van der Waals surface area contributed by atoms with Gasteiger partial charge in [-0.15, -0.1) is 11.8 Å². The van der Waals surface area contributed by atoms with Crippen LogP contribution < -0.4 is 0 Å². The third kappa shape index (κ3) is 2.57. The van der Waals surface area contributed by atoms with E-state index >= 15 is 0 Å².